The molecular formula is C18H16ClN3OS. The van der Waals surface area contributed by atoms with Gasteiger partial charge in [0.1, 0.15) is 5.75 Å². The topological polar surface area (TPSA) is 39.9 Å². The van der Waals surface area contributed by atoms with E-state index in [0.717, 1.165) is 33.7 Å². The minimum absolute atomic E-state index is 0.686. The molecular weight excluding hydrogens is 342 g/mol. The zero-order valence-corrected chi connectivity index (χ0v) is 14.7. The van der Waals surface area contributed by atoms with Gasteiger partial charge in [-0.3, -0.25) is 4.57 Å². The lowest BCUT2D eigenvalue weighted by Crippen LogP contribution is -2.00. The Bertz CT molecular complexity index is 846. The normalized spacial score (nSPS) is 10.6. The summed E-state index contributed by atoms with van der Waals surface area (Å²) in [4.78, 5) is 0. The maximum atomic E-state index is 6.02. The van der Waals surface area contributed by atoms with Gasteiger partial charge in [-0.1, -0.05) is 41.6 Å². The number of nitrogens with zero attached hydrogens (tertiary/aromatic N) is 3. The maximum absolute atomic E-state index is 6.02. The third-order valence-corrected chi connectivity index (χ3v) is 4.57. The van der Waals surface area contributed by atoms with Crippen LogP contribution in [-0.2, 0) is 0 Å². The van der Waals surface area contributed by atoms with Crippen LogP contribution in [0.4, 0.5) is 0 Å². The third-order valence-electron chi connectivity index (χ3n) is 3.40. The number of methoxy groups -OCH3 is 1. The average Bonchev–Trinajstić information content (AvgIpc) is 3.04. The van der Waals surface area contributed by atoms with E-state index < -0.39 is 0 Å². The highest BCUT2D eigenvalue weighted by Crippen LogP contribution is 2.33. The molecule has 122 valence electrons. The molecule has 1 heterocycles. The molecule has 0 unspecified atom stereocenters. The molecule has 0 atom stereocenters. The van der Waals surface area contributed by atoms with E-state index in [2.05, 4.69) is 16.8 Å². The molecule has 0 amide bonds. The monoisotopic (exact) mass is 357 g/mol. The zero-order chi connectivity index (χ0) is 16.9. The summed E-state index contributed by atoms with van der Waals surface area (Å²) in [6, 6.07) is 15.4. The Balaban J connectivity index is 2.17. The Kier molecular flexibility index (Phi) is 5.23. The Morgan fingerprint density at radius 2 is 1.92 bits per heavy atom. The second-order valence-electron chi connectivity index (χ2n) is 4.92. The van der Waals surface area contributed by atoms with Crippen LogP contribution in [0.5, 0.6) is 5.75 Å². The van der Waals surface area contributed by atoms with Gasteiger partial charge < -0.3 is 4.74 Å². The van der Waals surface area contributed by atoms with Crippen LogP contribution < -0.4 is 4.74 Å². The van der Waals surface area contributed by atoms with Gasteiger partial charge in [-0.25, -0.2) is 0 Å². The molecule has 0 saturated heterocycles. The molecule has 3 rings (SSSR count). The van der Waals surface area contributed by atoms with E-state index in [1.165, 1.54) is 0 Å². The first kappa shape index (κ1) is 16.6. The molecule has 0 aliphatic carbocycles. The predicted octanol–water partition coefficient (Wildman–Crippen LogP) is 4.87. The lowest BCUT2D eigenvalue weighted by atomic mass is 10.2. The smallest absolute Gasteiger partial charge is 0.196 e. The Morgan fingerprint density at radius 1 is 1.17 bits per heavy atom. The molecule has 0 aliphatic heterocycles. The van der Waals surface area contributed by atoms with Crippen molar-refractivity contribution in [2.24, 2.45) is 0 Å². The average molecular weight is 358 g/mol. The largest absolute Gasteiger partial charge is 0.496 e. The summed E-state index contributed by atoms with van der Waals surface area (Å²) in [5.74, 6) is 2.22. The molecule has 2 aromatic carbocycles. The van der Waals surface area contributed by atoms with Crippen molar-refractivity contribution in [2.75, 3.05) is 12.9 Å². The lowest BCUT2D eigenvalue weighted by Gasteiger charge is -2.12. The van der Waals surface area contributed by atoms with Crippen molar-refractivity contribution < 1.29 is 4.74 Å². The first-order chi connectivity index (χ1) is 11.7. The van der Waals surface area contributed by atoms with Crippen LogP contribution in [0.25, 0.3) is 17.1 Å². The summed E-state index contributed by atoms with van der Waals surface area (Å²) in [7, 11) is 1.65. The molecule has 0 bridgehead atoms. The summed E-state index contributed by atoms with van der Waals surface area (Å²) in [6.45, 7) is 3.77. The van der Waals surface area contributed by atoms with Crippen molar-refractivity contribution in [3.05, 3.63) is 66.2 Å². The van der Waals surface area contributed by atoms with Crippen molar-refractivity contribution in [3.63, 3.8) is 0 Å². The van der Waals surface area contributed by atoms with Gasteiger partial charge in [-0.2, -0.15) is 0 Å². The molecule has 0 spiro atoms. The van der Waals surface area contributed by atoms with Gasteiger partial charge in [-0.05, 0) is 36.4 Å². The predicted molar refractivity (Wildman–Crippen MR) is 99.3 cm³/mol. The maximum Gasteiger partial charge on any atom is 0.196 e. The molecule has 1 aromatic heterocycles. The van der Waals surface area contributed by atoms with Gasteiger partial charge in [0.25, 0.3) is 0 Å². The fourth-order valence-corrected chi connectivity index (χ4v) is 3.14. The third kappa shape index (κ3) is 3.32. The van der Waals surface area contributed by atoms with Crippen LogP contribution in [0.2, 0.25) is 5.02 Å². The molecule has 0 N–H and O–H groups in total. The summed E-state index contributed by atoms with van der Waals surface area (Å²) in [5, 5.41) is 10.2. The highest BCUT2D eigenvalue weighted by atomic mass is 35.5. The molecule has 4 nitrogen and oxygen atoms in total. The van der Waals surface area contributed by atoms with E-state index in [1.54, 1.807) is 18.9 Å². The number of para-hydroxylation sites is 1. The van der Waals surface area contributed by atoms with E-state index in [4.69, 9.17) is 16.3 Å². The molecule has 6 heteroatoms. The zero-order valence-electron chi connectivity index (χ0n) is 13.1. The summed E-state index contributed by atoms with van der Waals surface area (Å²) < 4.78 is 7.48. The minimum atomic E-state index is 0.686. The summed E-state index contributed by atoms with van der Waals surface area (Å²) in [6.07, 6.45) is 1.84. The van der Waals surface area contributed by atoms with E-state index in [0.29, 0.717) is 5.02 Å². The van der Waals surface area contributed by atoms with E-state index in [1.807, 2.05) is 59.2 Å². The van der Waals surface area contributed by atoms with Crippen LogP contribution in [0.3, 0.4) is 0 Å². The highest BCUT2D eigenvalue weighted by molar-refractivity contribution is 7.99. The fourth-order valence-electron chi connectivity index (χ4n) is 2.32. The SMILES string of the molecule is C=CCSc1nnc(-c2ccccc2OC)n1-c1ccc(Cl)cc1. The van der Waals surface area contributed by atoms with Gasteiger partial charge in [0, 0.05) is 16.5 Å². The van der Waals surface area contributed by atoms with Crippen molar-refractivity contribution in [3.8, 4) is 22.8 Å². The number of ether oxygens (including phenoxy) is 1. The summed E-state index contributed by atoms with van der Waals surface area (Å²) >= 11 is 7.59. The van der Waals surface area contributed by atoms with Gasteiger partial charge in [0.05, 0.1) is 12.7 Å². The quantitative estimate of drug-likeness (QED) is 0.466. The standard InChI is InChI=1S/C18H16ClN3OS/c1-3-12-24-18-21-20-17(15-6-4-5-7-16(15)23-2)22(18)14-10-8-13(19)9-11-14/h3-11H,1,12H2,2H3. The number of hydrogen-bond acceptors (Lipinski definition) is 4. The second-order valence-corrected chi connectivity index (χ2v) is 6.34. The number of benzene rings is 2. The fraction of sp³-hybridized carbons (Fsp3) is 0.111. The van der Waals surface area contributed by atoms with Crippen LogP contribution >= 0.6 is 23.4 Å². The van der Waals surface area contributed by atoms with Gasteiger partial charge in [-0.15, -0.1) is 16.8 Å². The Hall–Kier alpha value is -2.24. The van der Waals surface area contributed by atoms with Crippen LogP contribution in [0.1, 0.15) is 0 Å². The van der Waals surface area contributed by atoms with Crippen molar-refractivity contribution in [2.45, 2.75) is 5.16 Å². The second kappa shape index (κ2) is 7.55. The molecule has 0 fully saturated rings. The van der Waals surface area contributed by atoms with E-state index in [-0.39, 0.29) is 0 Å². The molecule has 24 heavy (non-hydrogen) atoms. The van der Waals surface area contributed by atoms with E-state index in [9.17, 15) is 0 Å². The lowest BCUT2D eigenvalue weighted by molar-refractivity contribution is 0.416. The number of halogens is 1. The Morgan fingerprint density at radius 3 is 2.62 bits per heavy atom. The van der Waals surface area contributed by atoms with Crippen molar-refractivity contribution in [1.29, 1.82) is 0 Å². The van der Waals surface area contributed by atoms with Crippen LogP contribution in [-0.4, -0.2) is 27.6 Å². The van der Waals surface area contributed by atoms with Gasteiger partial charge in [0.2, 0.25) is 0 Å². The Labute approximate surface area is 150 Å². The number of rotatable bonds is 6. The van der Waals surface area contributed by atoms with Crippen LogP contribution in [0, 0.1) is 0 Å². The molecule has 0 radical (unpaired) electrons. The van der Waals surface area contributed by atoms with Crippen molar-refractivity contribution >= 4 is 23.4 Å². The van der Waals surface area contributed by atoms with Crippen LogP contribution in [0.15, 0.2) is 66.3 Å². The number of aromatic nitrogens is 3. The first-order valence-electron chi connectivity index (χ1n) is 7.33. The molecule has 0 saturated carbocycles. The molecule has 0 aliphatic rings. The van der Waals surface area contributed by atoms with Gasteiger partial charge in [0.15, 0.2) is 11.0 Å². The summed E-state index contributed by atoms with van der Waals surface area (Å²) in [5.41, 5.74) is 1.82. The van der Waals surface area contributed by atoms with Gasteiger partial charge >= 0.3 is 0 Å². The molecule has 3 aromatic rings. The number of thioether (sulfide) groups is 1. The minimum Gasteiger partial charge on any atom is -0.496 e. The highest BCUT2D eigenvalue weighted by Gasteiger charge is 2.18. The first-order valence-corrected chi connectivity index (χ1v) is 8.69. The number of hydrogen-bond donors (Lipinski definition) is 0. The van der Waals surface area contributed by atoms with E-state index >= 15 is 0 Å². The van der Waals surface area contributed by atoms with Crippen molar-refractivity contribution in [1.82, 2.24) is 14.8 Å².